The Labute approximate surface area is 135 Å². The molecule has 2 aromatic heterocycles. The second kappa shape index (κ2) is 6.62. The van der Waals surface area contributed by atoms with E-state index in [1.165, 1.54) is 6.20 Å². The van der Waals surface area contributed by atoms with E-state index in [1.54, 1.807) is 23.1 Å². The summed E-state index contributed by atoms with van der Waals surface area (Å²) in [6, 6.07) is 11.3. The molecule has 0 aliphatic carbocycles. The van der Waals surface area contributed by atoms with Crippen molar-refractivity contribution in [3.63, 3.8) is 0 Å². The lowest BCUT2D eigenvalue weighted by atomic mass is 10.1. The van der Waals surface area contributed by atoms with Crippen LogP contribution in [-0.2, 0) is 6.42 Å². The number of pyridine rings is 1. The number of benzene rings is 1. The van der Waals surface area contributed by atoms with Crippen molar-refractivity contribution in [3.8, 4) is 0 Å². The number of likely N-dealkylation sites (N-methyl/N-ethyl adjacent to an activating group) is 1. The largest absolute Gasteiger partial charge is 0.365 e. The minimum atomic E-state index is -0.419. The summed E-state index contributed by atoms with van der Waals surface area (Å²) in [6.07, 6.45) is 5.91. The van der Waals surface area contributed by atoms with Crippen LogP contribution in [0.5, 0.6) is 0 Å². The van der Waals surface area contributed by atoms with Gasteiger partial charge in [0, 0.05) is 30.5 Å². The van der Waals surface area contributed by atoms with Crippen molar-refractivity contribution in [1.82, 2.24) is 14.6 Å². The van der Waals surface area contributed by atoms with Crippen LogP contribution in [0.2, 0.25) is 0 Å². The zero-order valence-corrected chi connectivity index (χ0v) is 13.3. The van der Waals surface area contributed by atoms with Gasteiger partial charge in [0.05, 0.1) is 11.1 Å². The van der Waals surface area contributed by atoms with Gasteiger partial charge in [0.1, 0.15) is 0 Å². The first-order valence-electron chi connectivity index (χ1n) is 7.51. The first kappa shape index (κ1) is 15.2. The van der Waals surface area contributed by atoms with Crippen LogP contribution < -0.4 is 4.84 Å². The van der Waals surface area contributed by atoms with Gasteiger partial charge in [-0.3, -0.25) is 4.98 Å². The Kier molecular flexibility index (Phi) is 4.39. The highest BCUT2D eigenvalue weighted by molar-refractivity contribution is 5.90. The van der Waals surface area contributed by atoms with Crippen LogP contribution >= 0.6 is 0 Å². The number of aromatic nitrogens is 2. The number of nitrogens with zero attached hydrogens (tertiary/aromatic N) is 3. The van der Waals surface area contributed by atoms with Crippen molar-refractivity contribution in [2.75, 3.05) is 20.6 Å². The van der Waals surface area contributed by atoms with Gasteiger partial charge in [-0.25, -0.2) is 4.79 Å². The number of carbonyl (C=O) groups excluding carboxylic acids is 1. The average molecular weight is 309 g/mol. The Morgan fingerprint density at radius 1 is 1.22 bits per heavy atom. The van der Waals surface area contributed by atoms with Crippen molar-refractivity contribution in [3.05, 3.63) is 66.1 Å². The molecule has 0 N–H and O–H groups in total. The minimum Gasteiger partial charge on any atom is -0.331 e. The van der Waals surface area contributed by atoms with E-state index < -0.39 is 5.97 Å². The molecule has 2 heterocycles. The molecule has 0 bridgehead atoms. The molecule has 5 nitrogen and oxygen atoms in total. The lowest BCUT2D eigenvalue weighted by molar-refractivity contribution is 0.0482. The molecular formula is C18H19N3O2. The lowest BCUT2D eigenvalue weighted by Gasteiger charge is -2.07. The molecule has 0 saturated heterocycles. The van der Waals surface area contributed by atoms with Crippen LogP contribution in [0.25, 0.3) is 10.9 Å². The van der Waals surface area contributed by atoms with E-state index in [9.17, 15) is 4.79 Å². The molecule has 3 aromatic rings. The smallest absolute Gasteiger partial charge is 0.331 e. The first-order valence-corrected chi connectivity index (χ1v) is 7.51. The van der Waals surface area contributed by atoms with Crippen LogP contribution in [0, 0.1) is 0 Å². The van der Waals surface area contributed by atoms with Crippen LogP contribution in [0.4, 0.5) is 0 Å². The van der Waals surface area contributed by atoms with E-state index in [1.807, 2.05) is 38.5 Å². The summed E-state index contributed by atoms with van der Waals surface area (Å²) < 4.78 is 1.55. The van der Waals surface area contributed by atoms with Gasteiger partial charge in [-0.05, 0) is 44.3 Å². The van der Waals surface area contributed by atoms with Crippen LogP contribution in [0.1, 0.15) is 15.9 Å². The zero-order valence-electron chi connectivity index (χ0n) is 13.3. The monoisotopic (exact) mass is 309 g/mol. The molecule has 0 fully saturated rings. The maximum Gasteiger partial charge on any atom is 0.365 e. The predicted molar refractivity (Wildman–Crippen MR) is 89.3 cm³/mol. The summed E-state index contributed by atoms with van der Waals surface area (Å²) in [7, 11) is 4.09. The third kappa shape index (κ3) is 3.40. The highest BCUT2D eigenvalue weighted by Crippen LogP contribution is 2.21. The molecule has 23 heavy (non-hydrogen) atoms. The number of fused-ring (bicyclic) bond motifs is 1. The average Bonchev–Trinajstić information content (AvgIpc) is 2.92. The summed E-state index contributed by atoms with van der Waals surface area (Å²) >= 11 is 0. The number of hydrogen-bond donors (Lipinski definition) is 0. The van der Waals surface area contributed by atoms with Crippen molar-refractivity contribution >= 4 is 16.9 Å². The quantitative estimate of drug-likeness (QED) is 0.726. The summed E-state index contributed by atoms with van der Waals surface area (Å²) in [5.74, 6) is -0.419. The molecule has 0 amide bonds. The van der Waals surface area contributed by atoms with Crippen molar-refractivity contribution < 1.29 is 9.63 Å². The van der Waals surface area contributed by atoms with Crippen LogP contribution in [0.3, 0.4) is 0 Å². The number of para-hydroxylation sites is 1. The Bertz CT molecular complexity index is 810. The molecule has 0 aliphatic heterocycles. The Morgan fingerprint density at radius 2 is 2.04 bits per heavy atom. The number of rotatable bonds is 5. The summed E-state index contributed by atoms with van der Waals surface area (Å²) in [6.45, 7) is 0.935. The fourth-order valence-electron chi connectivity index (χ4n) is 2.46. The van der Waals surface area contributed by atoms with Gasteiger partial charge >= 0.3 is 5.97 Å². The topological polar surface area (TPSA) is 47.4 Å². The summed E-state index contributed by atoms with van der Waals surface area (Å²) in [5.41, 5.74) is 2.48. The third-order valence-electron chi connectivity index (χ3n) is 3.67. The van der Waals surface area contributed by atoms with E-state index in [0.29, 0.717) is 5.56 Å². The van der Waals surface area contributed by atoms with Gasteiger partial charge in [-0.15, -0.1) is 0 Å². The Morgan fingerprint density at radius 3 is 2.78 bits per heavy atom. The molecule has 118 valence electrons. The molecule has 0 spiro atoms. The Hall–Kier alpha value is -2.66. The van der Waals surface area contributed by atoms with Crippen LogP contribution in [0.15, 0.2) is 55.0 Å². The van der Waals surface area contributed by atoms with Gasteiger partial charge in [0.15, 0.2) is 0 Å². The second-order valence-electron chi connectivity index (χ2n) is 5.67. The zero-order chi connectivity index (χ0) is 16.2. The number of carbonyl (C=O) groups is 1. The maximum absolute atomic E-state index is 12.2. The first-order chi connectivity index (χ1) is 11.1. The van der Waals surface area contributed by atoms with E-state index in [2.05, 4.69) is 16.0 Å². The van der Waals surface area contributed by atoms with Crippen molar-refractivity contribution in [1.29, 1.82) is 0 Å². The van der Waals surface area contributed by atoms with Crippen LogP contribution in [-0.4, -0.2) is 41.2 Å². The van der Waals surface area contributed by atoms with Gasteiger partial charge in [0.25, 0.3) is 0 Å². The molecule has 0 saturated carbocycles. The minimum absolute atomic E-state index is 0.419. The molecule has 3 rings (SSSR count). The molecular weight excluding hydrogens is 290 g/mol. The Balaban J connectivity index is 1.90. The highest BCUT2D eigenvalue weighted by Gasteiger charge is 2.13. The fourth-order valence-corrected chi connectivity index (χ4v) is 2.46. The van der Waals surface area contributed by atoms with Crippen molar-refractivity contribution in [2.24, 2.45) is 0 Å². The molecule has 1 aromatic carbocycles. The predicted octanol–water partition coefficient (Wildman–Crippen LogP) is 2.41. The molecule has 0 unspecified atom stereocenters. The molecule has 5 heteroatoms. The van der Waals surface area contributed by atoms with Gasteiger partial charge in [-0.1, -0.05) is 18.2 Å². The van der Waals surface area contributed by atoms with Crippen molar-refractivity contribution in [2.45, 2.75) is 6.42 Å². The van der Waals surface area contributed by atoms with E-state index >= 15 is 0 Å². The van der Waals surface area contributed by atoms with Gasteiger partial charge in [-0.2, -0.15) is 4.73 Å². The standard InChI is InChI=1S/C18H19N3O2/c1-20(2)11-9-15-13-21(17-8-4-3-7-16(15)17)23-18(22)14-6-5-10-19-12-14/h3-8,10,12-13H,9,11H2,1-2H3. The lowest BCUT2D eigenvalue weighted by Crippen LogP contribution is -2.19. The molecule has 0 atom stereocenters. The summed E-state index contributed by atoms with van der Waals surface area (Å²) in [4.78, 5) is 23.8. The summed E-state index contributed by atoms with van der Waals surface area (Å²) in [5, 5.41) is 1.10. The third-order valence-corrected chi connectivity index (χ3v) is 3.67. The highest BCUT2D eigenvalue weighted by atomic mass is 16.7. The van der Waals surface area contributed by atoms with Gasteiger partial charge < -0.3 is 9.74 Å². The molecule has 0 aliphatic rings. The molecule has 0 radical (unpaired) electrons. The maximum atomic E-state index is 12.2. The van der Waals surface area contributed by atoms with E-state index in [4.69, 9.17) is 4.84 Å². The van der Waals surface area contributed by atoms with Gasteiger partial charge in [0.2, 0.25) is 0 Å². The SMILES string of the molecule is CN(C)CCc1cn(OC(=O)c2cccnc2)c2ccccc12. The van der Waals surface area contributed by atoms with E-state index in [-0.39, 0.29) is 0 Å². The fraction of sp³-hybridized carbons (Fsp3) is 0.222. The second-order valence-corrected chi connectivity index (χ2v) is 5.67. The number of hydrogen-bond acceptors (Lipinski definition) is 4. The normalized spacial score (nSPS) is 11.1. The van der Waals surface area contributed by atoms with E-state index in [0.717, 1.165) is 29.4 Å².